The maximum atomic E-state index is 6.62. The van der Waals surface area contributed by atoms with E-state index in [2.05, 4.69) is 92.7 Å². The van der Waals surface area contributed by atoms with Gasteiger partial charge in [-0.05, 0) is 95.6 Å². The van der Waals surface area contributed by atoms with Gasteiger partial charge in [-0.3, -0.25) is 0 Å². The highest BCUT2D eigenvalue weighted by Gasteiger charge is 2.57. The molecule has 2 fully saturated rings. The van der Waals surface area contributed by atoms with Gasteiger partial charge in [0.05, 0.1) is 12.7 Å². The van der Waals surface area contributed by atoms with Crippen LogP contribution < -0.4 is 4.74 Å². The molecule has 0 aliphatic heterocycles. The fourth-order valence-corrected chi connectivity index (χ4v) is 7.95. The summed E-state index contributed by atoms with van der Waals surface area (Å²) >= 11 is 0. The lowest BCUT2D eigenvalue weighted by Crippen LogP contribution is -2.47. The number of rotatable bonds is 6. The minimum absolute atomic E-state index is 0.297. The van der Waals surface area contributed by atoms with Gasteiger partial charge in [-0.15, -0.1) is 0 Å². The highest BCUT2D eigenvalue weighted by molar-refractivity contribution is 5.41. The number of aryl methyl sites for hydroxylation is 1. The quantitative estimate of drug-likeness (QED) is 0.367. The van der Waals surface area contributed by atoms with Crippen molar-refractivity contribution in [2.75, 3.05) is 0 Å². The van der Waals surface area contributed by atoms with Crippen molar-refractivity contribution in [1.82, 2.24) is 0 Å². The van der Waals surface area contributed by atoms with E-state index in [0.717, 1.165) is 24.2 Å². The summed E-state index contributed by atoms with van der Waals surface area (Å²) < 4.78 is 12.8. The average Bonchev–Trinajstić information content (AvgIpc) is 3.22. The molecule has 2 heteroatoms. The number of benzene rings is 3. The van der Waals surface area contributed by atoms with Crippen LogP contribution in [0.15, 0.2) is 78.9 Å². The molecule has 0 amide bonds. The lowest BCUT2D eigenvalue weighted by molar-refractivity contribution is -0.0841. The van der Waals surface area contributed by atoms with Gasteiger partial charge in [0, 0.05) is 0 Å². The molecule has 2 saturated carbocycles. The van der Waals surface area contributed by atoms with E-state index in [1.807, 2.05) is 0 Å². The fourth-order valence-electron chi connectivity index (χ4n) is 7.95. The maximum Gasteiger partial charge on any atom is 0.120 e. The summed E-state index contributed by atoms with van der Waals surface area (Å²) in [6, 6.07) is 28.1. The molecule has 3 aliphatic rings. The minimum Gasteiger partial charge on any atom is -0.489 e. The molecular formula is C33H38O2. The fraction of sp³-hybridized carbons (Fsp3) is 0.455. The molecular weight excluding hydrogens is 428 g/mol. The Morgan fingerprint density at radius 3 is 2.29 bits per heavy atom. The number of fused-ring (bicyclic) bond motifs is 5. The second kappa shape index (κ2) is 9.47. The third kappa shape index (κ3) is 4.31. The van der Waals surface area contributed by atoms with Gasteiger partial charge in [0.15, 0.2) is 0 Å². The maximum absolute atomic E-state index is 6.62. The van der Waals surface area contributed by atoms with E-state index in [0.29, 0.717) is 30.0 Å². The lowest BCUT2D eigenvalue weighted by Gasteiger charge is -2.53. The lowest BCUT2D eigenvalue weighted by atomic mass is 9.52. The van der Waals surface area contributed by atoms with Crippen molar-refractivity contribution in [2.45, 2.75) is 71.2 Å². The molecule has 0 saturated heterocycles. The summed E-state index contributed by atoms with van der Waals surface area (Å²) in [4.78, 5) is 0. The number of hydrogen-bond donors (Lipinski definition) is 0. The Morgan fingerprint density at radius 1 is 0.829 bits per heavy atom. The summed E-state index contributed by atoms with van der Waals surface area (Å²) in [6.07, 6.45) is 6.65. The third-order valence-corrected chi connectivity index (χ3v) is 9.44. The summed E-state index contributed by atoms with van der Waals surface area (Å²) in [6.45, 7) is 6.42. The molecule has 35 heavy (non-hydrogen) atoms. The van der Waals surface area contributed by atoms with Gasteiger partial charge in [0.2, 0.25) is 0 Å². The SMILES string of the molecule is C[C@H]1C[C@@]2(C)C(CC[C@@H]2OCc2ccccc2)C2CCc3cc(OCc4ccccc4)ccc3C21. The van der Waals surface area contributed by atoms with E-state index in [1.54, 1.807) is 5.56 Å². The Hall–Kier alpha value is -2.58. The Bertz CT molecular complexity index is 1140. The first kappa shape index (κ1) is 22.9. The smallest absolute Gasteiger partial charge is 0.120 e. The van der Waals surface area contributed by atoms with Gasteiger partial charge >= 0.3 is 0 Å². The van der Waals surface area contributed by atoms with Gasteiger partial charge in [0.1, 0.15) is 12.4 Å². The topological polar surface area (TPSA) is 18.5 Å². The molecule has 0 N–H and O–H groups in total. The Balaban J connectivity index is 1.17. The van der Waals surface area contributed by atoms with Crippen molar-refractivity contribution >= 4 is 0 Å². The molecule has 6 atom stereocenters. The van der Waals surface area contributed by atoms with Crippen LogP contribution in [0.1, 0.15) is 67.7 Å². The van der Waals surface area contributed by atoms with E-state index < -0.39 is 0 Å². The van der Waals surface area contributed by atoms with Crippen molar-refractivity contribution in [3.05, 3.63) is 101 Å². The largest absolute Gasteiger partial charge is 0.489 e. The molecule has 2 nitrogen and oxygen atoms in total. The van der Waals surface area contributed by atoms with Crippen LogP contribution in [-0.2, 0) is 24.4 Å². The highest BCUT2D eigenvalue weighted by Crippen LogP contribution is 2.63. The molecule has 3 aromatic rings. The molecule has 0 heterocycles. The zero-order chi connectivity index (χ0) is 23.8. The van der Waals surface area contributed by atoms with Crippen LogP contribution in [0, 0.1) is 23.2 Å². The van der Waals surface area contributed by atoms with Crippen molar-refractivity contribution in [3.8, 4) is 5.75 Å². The van der Waals surface area contributed by atoms with Crippen LogP contribution in [0.25, 0.3) is 0 Å². The molecule has 6 rings (SSSR count). The molecule has 0 radical (unpaired) electrons. The van der Waals surface area contributed by atoms with Crippen LogP contribution in [0.3, 0.4) is 0 Å². The van der Waals surface area contributed by atoms with Crippen LogP contribution in [0.4, 0.5) is 0 Å². The van der Waals surface area contributed by atoms with Gasteiger partial charge in [-0.25, -0.2) is 0 Å². The second-order valence-corrected chi connectivity index (χ2v) is 11.5. The molecule has 0 spiro atoms. The van der Waals surface area contributed by atoms with E-state index in [-0.39, 0.29) is 0 Å². The minimum atomic E-state index is 0.297. The molecule has 182 valence electrons. The van der Waals surface area contributed by atoms with E-state index in [9.17, 15) is 0 Å². The number of ether oxygens (including phenoxy) is 2. The van der Waals surface area contributed by atoms with Crippen molar-refractivity contribution in [2.24, 2.45) is 23.2 Å². The molecule has 0 bridgehead atoms. The predicted molar refractivity (Wildman–Crippen MR) is 141 cm³/mol. The van der Waals surface area contributed by atoms with Gasteiger partial charge in [-0.1, -0.05) is 80.6 Å². The molecule has 3 unspecified atom stereocenters. The van der Waals surface area contributed by atoms with Gasteiger partial charge in [-0.2, -0.15) is 0 Å². The van der Waals surface area contributed by atoms with Crippen molar-refractivity contribution < 1.29 is 9.47 Å². The Labute approximate surface area is 210 Å². The highest BCUT2D eigenvalue weighted by atomic mass is 16.5. The monoisotopic (exact) mass is 466 g/mol. The van der Waals surface area contributed by atoms with Crippen LogP contribution in [0.5, 0.6) is 5.75 Å². The standard InChI is InChI=1S/C33H38O2/c1-23-20-33(2)30(17-18-31(33)35-22-25-11-7-4-8-12-25)29-15-13-26-19-27(14-16-28(26)32(23)29)34-21-24-9-5-3-6-10-24/h3-12,14,16,19,23,29-32H,13,15,17-18,20-22H2,1-2H3/t23-,29?,30?,31-,32?,33-/m0/s1. The van der Waals surface area contributed by atoms with Crippen LogP contribution in [-0.4, -0.2) is 6.10 Å². The second-order valence-electron chi connectivity index (χ2n) is 11.5. The molecule has 3 aromatic carbocycles. The van der Waals surface area contributed by atoms with E-state index in [4.69, 9.17) is 9.47 Å². The first-order valence-electron chi connectivity index (χ1n) is 13.6. The van der Waals surface area contributed by atoms with Crippen LogP contribution >= 0.6 is 0 Å². The van der Waals surface area contributed by atoms with Crippen molar-refractivity contribution in [1.29, 1.82) is 0 Å². The number of hydrogen-bond acceptors (Lipinski definition) is 2. The normalized spacial score (nSPS) is 31.3. The summed E-state index contributed by atoms with van der Waals surface area (Å²) in [7, 11) is 0. The Kier molecular flexibility index (Phi) is 6.18. The Morgan fingerprint density at radius 2 is 1.54 bits per heavy atom. The average molecular weight is 467 g/mol. The zero-order valence-corrected chi connectivity index (χ0v) is 21.2. The van der Waals surface area contributed by atoms with E-state index in [1.165, 1.54) is 48.8 Å². The van der Waals surface area contributed by atoms with Gasteiger partial charge in [0.25, 0.3) is 0 Å². The molecule has 3 aliphatic carbocycles. The van der Waals surface area contributed by atoms with Crippen molar-refractivity contribution in [3.63, 3.8) is 0 Å². The predicted octanol–water partition coefficient (Wildman–Crippen LogP) is 7.95. The first-order chi connectivity index (χ1) is 17.1. The summed E-state index contributed by atoms with van der Waals surface area (Å²) in [5.41, 5.74) is 5.92. The zero-order valence-electron chi connectivity index (χ0n) is 21.2. The van der Waals surface area contributed by atoms with E-state index >= 15 is 0 Å². The summed E-state index contributed by atoms with van der Waals surface area (Å²) in [5, 5.41) is 0. The molecule has 0 aromatic heterocycles. The first-order valence-corrected chi connectivity index (χ1v) is 13.6. The van der Waals surface area contributed by atoms with Crippen LogP contribution in [0.2, 0.25) is 0 Å². The van der Waals surface area contributed by atoms with Gasteiger partial charge < -0.3 is 9.47 Å². The summed E-state index contributed by atoms with van der Waals surface area (Å²) in [5.74, 6) is 3.91. The third-order valence-electron chi connectivity index (χ3n) is 9.44.